The number of Topliss-reactive ketones (excluding diaryl/α,β-unsaturated/α-hetero) is 1. The van der Waals surface area contributed by atoms with Crippen LogP contribution in [0.25, 0.3) is 0 Å². The van der Waals surface area contributed by atoms with Crippen LogP contribution < -0.4 is 4.74 Å². The van der Waals surface area contributed by atoms with E-state index in [-0.39, 0.29) is 5.78 Å². The van der Waals surface area contributed by atoms with Gasteiger partial charge >= 0.3 is 0 Å². The smallest absolute Gasteiger partial charge is 0.195 e. The minimum absolute atomic E-state index is 0.357. The molecular weight excluding hydrogens is 342 g/mol. The maximum atomic E-state index is 11.6. The maximum Gasteiger partial charge on any atom is 0.195 e. The normalized spacial score (nSPS) is 10.7. The molecule has 0 saturated heterocycles. The van der Waals surface area contributed by atoms with Gasteiger partial charge < -0.3 is 4.74 Å². The van der Waals surface area contributed by atoms with E-state index in [1.165, 1.54) is 0 Å². The van der Waals surface area contributed by atoms with E-state index in [9.17, 15) is 4.79 Å². The number of carbonyl (C=O) groups is 1. The molecule has 0 unspecified atom stereocenters. The van der Waals surface area contributed by atoms with Crippen molar-refractivity contribution in [2.45, 2.75) is 4.84 Å². The molecule has 20 heavy (non-hydrogen) atoms. The Morgan fingerprint density at radius 3 is 2.20 bits per heavy atom. The number of halogens is 4. The zero-order chi connectivity index (χ0) is 14.7. The van der Waals surface area contributed by atoms with Gasteiger partial charge in [-0.2, -0.15) is 0 Å². The largest absolute Gasteiger partial charge is 0.456 e. The number of ether oxygens (including phenoxy) is 1. The van der Waals surface area contributed by atoms with Crippen LogP contribution in [-0.4, -0.2) is 10.6 Å². The molecule has 0 N–H and O–H groups in total. The van der Waals surface area contributed by atoms with E-state index in [1.54, 1.807) is 42.5 Å². The number of ketones is 1. The number of rotatable bonds is 4. The monoisotopic (exact) mass is 348 g/mol. The van der Waals surface area contributed by atoms with Crippen molar-refractivity contribution in [2.75, 3.05) is 0 Å². The fraction of sp³-hybridized carbons (Fsp3) is 0.0714. The van der Waals surface area contributed by atoms with E-state index in [0.29, 0.717) is 27.1 Å². The van der Waals surface area contributed by atoms with Gasteiger partial charge in [-0.15, -0.1) is 0 Å². The Kier molecular flexibility index (Phi) is 5.17. The van der Waals surface area contributed by atoms with Crippen LogP contribution in [0.5, 0.6) is 11.5 Å². The van der Waals surface area contributed by atoms with Gasteiger partial charge in [0.25, 0.3) is 0 Å². The van der Waals surface area contributed by atoms with Gasteiger partial charge in [0, 0.05) is 10.6 Å². The van der Waals surface area contributed by atoms with E-state index >= 15 is 0 Å². The zero-order valence-corrected chi connectivity index (χ0v) is 13.0. The van der Waals surface area contributed by atoms with Crippen LogP contribution in [-0.2, 0) is 0 Å². The predicted molar refractivity (Wildman–Crippen MR) is 82.8 cm³/mol. The first kappa shape index (κ1) is 15.5. The summed E-state index contributed by atoms with van der Waals surface area (Å²) < 4.78 is 5.59. The summed E-state index contributed by atoms with van der Waals surface area (Å²) in [6.45, 7) is 0. The molecule has 2 aromatic carbocycles. The van der Waals surface area contributed by atoms with Crippen molar-refractivity contribution in [2.24, 2.45) is 0 Å². The van der Waals surface area contributed by atoms with Crippen molar-refractivity contribution in [3.05, 3.63) is 58.1 Å². The molecule has 2 aromatic rings. The Hall–Kier alpha value is -0.930. The lowest BCUT2D eigenvalue weighted by molar-refractivity contribution is 0.101. The quantitative estimate of drug-likeness (QED) is 0.517. The number of benzene rings is 2. The third-order valence-corrected chi connectivity index (χ3v) is 3.39. The molecule has 2 rings (SSSR count). The molecule has 6 heteroatoms. The Bertz CT molecular complexity index is 624. The van der Waals surface area contributed by atoms with Gasteiger partial charge in [-0.05, 0) is 42.5 Å². The van der Waals surface area contributed by atoms with Crippen molar-refractivity contribution in [1.82, 2.24) is 0 Å². The molecule has 0 atom stereocenters. The lowest BCUT2D eigenvalue weighted by Gasteiger charge is -2.08. The summed E-state index contributed by atoms with van der Waals surface area (Å²) in [6, 6.07) is 11.4. The summed E-state index contributed by atoms with van der Waals surface area (Å²) in [5.74, 6) is 0.651. The lowest BCUT2D eigenvalue weighted by Crippen LogP contribution is -2.07. The fourth-order valence-electron chi connectivity index (χ4n) is 1.50. The van der Waals surface area contributed by atoms with Crippen molar-refractivity contribution < 1.29 is 9.53 Å². The molecule has 0 aliphatic heterocycles. The highest BCUT2D eigenvalue weighted by molar-refractivity contribution is 6.55. The second kappa shape index (κ2) is 6.68. The van der Waals surface area contributed by atoms with Gasteiger partial charge in [-0.1, -0.05) is 46.4 Å². The first-order valence-corrected chi connectivity index (χ1v) is 7.15. The highest BCUT2D eigenvalue weighted by atomic mass is 35.5. The van der Waals surface area contributed by atoms with E-state index < -0.39 is 4.84 Å². The van der Waals surface area contributed by atoms with Crippen molar-refractivity contribution in [3.63, 3.8) is 0 Å². The Morgan fingerprint density at radius 1 is 1.00 bits per heavy atom. The second-order valence-electron chi connectivity index (χ2n) is 3.87. The van der Waals surface area contributed by atoms with Gasteiger partial charge in [0.05, 0.1) is 5.02 Å². The van der Waals surface area contributed by atoms with Crippen LogP contribution in [0, 0.1) is 0 Å². The molecule has 0 heterocycles. The average Bonchev–Trinajstić information content (AvgIpc) is 2.42. The first-order valence-electron chi connectivity index (χ1n) is 5.52. The maximum absolute atomic E-state index is 11.6. The third-order valence-electron chi connectivity index (χ3n) is 2.46. The van der Waals surface area contributed by atoms with Gasteiger partial charge in [0.2, 0.25) is 0 Å². The van der Waals surface area contributed by atoms with Crippen LogP contribution in [0.2, 0.25) is 10.0 Å². The van der Waals surface area contributed by atoms with Gasteiger partial charge in [0.15, 0.2) is 10.6 Å². The number of hydrogen-bond donors (Lipinski definition) is 0. The molecule has 0 spiro atoms. The highest BCUT2D eigenvalue weighted by Gasteiger charge is 2.14. The standard InChI is InChI=1S/C14H8Cl4O2/c15-9-3-6-12(11(16)7-9)20-10-4-1-8(2-5-10)13(19)14(17)18/h1-7,14H. The molecule has 0 aliphatic rings. The summed E-state index contributed by atoms with van der Waals surface area (Å²) in [7, 11) is 0. The molecule has 0 radical (unpaired) electrons. The molecule has 104 valence electrons. The fourth-order valence-corrected chi connectivity index (χ4v) is 2.20. The Balaban J connectivity index is 2.17. The summed E-state index contributed by atoms with van der Waals surface area (Å²) >= 11 is 22.9. The second-order valence-corrected chi connectivity index (χ2v) is 5.81. The molecular formula is C14H8Cl4O2. The van der Waals surface area contributed by atoms with Crippen LogP contribution in [0.4, 0.5) is 0 Å². The number of hydrogen-bond acceptors (Lipinski definition) is 2. The van der Waals surface area contributed by atoms with E-state index in [1.807, 2.05) is 0 Å². The Morgan fingerprint density at radius 2 is 1.65 bits per heavy atom. The Labute approximate surface area is 136 Å². The van der Waals surface area contributed by atoms with Gasteiger partial charge in [-0.25, -0.2) is 0 Å². The van der Waals surface area contributed by atoms with Crippen molar-refractivity contribution in [1.29, 1.82) is 0 Å². The van der Waals surface area contributed by atoms with Crippen LogP contribution >= 0.6 is 46.4 Å². The van der Waals surface area contributed by atoms with Crippen LogP contribution in [0.3, 0.4) is 0 Å². The predicted octanol–water partition coefficient (Wildman–Crippen LogP) is 5.77. The summed E-state index contributed by atoms with van der Waals surface area (Å²) in [5, 5.41) is 0.929. The average molecular weight is 350 g/mol. The number of carbonyl (C=O) groups excluding carboxylic acids is 1. The third kappa shape index (κ3) is 3.80. The minimum atomic E-state index is -1.08. The van der Waals surface area contributed by atoms with Crippen molar-refractivity contribution >= 4 is 52.2 Å². The lowest BCUT2D eigenvalue weighted by atomic mass is 10.1. The van der Waals surface area contributed by atoms with E-state index in [0.717, 1.165) is 0 Å². The van der Waals surface area contributed by atoms with E-state index in [4.69, 9.17) is 51.1 Å². The number of alkyl halides is 2. The topological polar surface area (TPSA) is 26.3 Å². The first-order chi connectivity index (χ1) is 9.47. The van der Waals surface area contributed by atoms with Crippen molar-refractivity contribution in [3.8, 4) is 11.5 Å². The summed E-state index contributed by atoms with van der Waals surface area (Å²) in [6.07, 6.45) is 0. The highest BCUT2D eigenvalue weighted by Crippen LogP contribution is 2.31. The summed E-state index contributed by atoms with van der Waals surface area (Å²) in [4.78, 5) is 10.5. The molecule has 0 fully saturated rings. The summed E-state index contributed by atoms with van der Waals surface area (Å²) in [5.41, 5.74) is 0.412. The van der Waals surface area contributed by atoms with Gasteiger partial charge in [-0.3, -0.25) is 4.79 Å². The van der Waals surface area contributed by atoms with Crippen LogP contribution in [0.15, 0.2) is 42.5 Å². The molecule has 0 saturated carbocycles. The SMILES string of the molecule is O=C(c1ccc(Oc2ccc(Cl)cc2Cl)cc1)C(Cl)Cl. The zero-order valence-electron chi connectivity index (χ0n) is 9.95. The molecule has 2 nitrogen and oxygen atoms in total. The molecule has 0 bridgehead atoms. The van der Waals surface area contributed by atoms with Gasteiger partial charge in [0.1, 0.15) is 11.5 Å². The van der Waals surface area contributed by atoms with Crippen LogP contribution in [0.1, 0.15) is 10.4 Å². The van der Waals surface area contributed by atoms with E-state index in [2.05, 4.69) is 0 Å². The molecule has 0 aromatic heterocycles. The molecule has 0 aliphatic carbocycles. The minimum Gasteiger partial charge on any atom is -0.456 e. The molecule has 0 amide bonds.